The van der Waals surface area contributed by atoms with Crippen LogP contribution in [-0.2, 0) is 11.3 Å². The maximum absolute atomic E-state index is 7.15. The molecule has 62 valence electrons. The largest absolute Gasteiger partial charge is 0.473 e. The van der Waals surface area contributed by atoms with E-state index in [2.05, 4.69) is 6.58 Å². The van der Waals surface area contributed by atoms with Crippen LogP contribution in [0.5, 0.6) is 0 Å². The van der Waals surface area contributed by atoms with E-state index < -0.39 is 0 Å². The van der Waals surface area contributed by atoms with E-state index in [9.17, 15) is 0 Å². The first kappa shape index (κ1) is 8.53. The zero-order valence-electron chi connectivity index (χ0n) is 6.79. The standard InChI is InChI=1S/C10H11NO/c1-2-10(11)12-8-9-6-4-3-5-7-9/h2-7,11H,1,8H2. The van der Waals surface area contributed by atoms with E-state index in [0.29, 0.717) is 6.61 Å². The van der Waals surface area contributed by atoms with Gasteiger partial charge < -0.3 is 4.74 Å². The molecule has 0 aromatic heterocycles. The monoisotopic (exact) mass is 161 g/mol. The molecule has 2 heteroatoms. The van der Waals surface area contributed by atoms with Gasteiger partial charge >= 0.3 is 0 Å². The zero-order valence-corrected chi connectivity index (χ0v) is 6.79. The molecule has 0 fully saturated rings. The third-order valence-electron chi connectivity index (χ3n) is 1.42. The lowest BCUT2D eigenvalue weighted by Gasteiger charge is -2.02. The van der Waals surface area contributed by atoms with Crippen molar-refractivity contribution >= 4 is 5.90 Å². The molecular formula is C10H11NO. The summed E-state index contributed by atoms with van der Waals surface area (Å²) in [6.45, 7) is 3.86. The molecule has 1 aromatic carbocycles. The maximum atomic E-state index is 7.15. The van der Waals surface area contributed by atoms with E-state index in [4.69, 9.17) is 10.1 Å². The predicted molar refractivity (Wildman–Crippen MR) is 49.2 cm³/mol. The summed E-state index contributed by atoms with van der Waals surface area (Å²) in [6.07, 6.45) is 1.38. The van der Waals surface area contributed by atoms with Crippen molar-refractivity contribution < 1.29 is 4.74 Å². The fourth-order valence-corrected chi connectivity index (χ4v) is 0.794. The molecule has 0 aliphatic carbocycles. The number of rotatable bonds is 3. The number of nitrogens with one attached hydrogen (secondary N) is 1. The molecule has 0 heterocycles. The van der Waals surface area contributed by atoms with Crippen LogP contribution in [0, 0.1) is 5.41 Å². The molecule has 1 rings (SSSR count). The zero-order chi connectivity index (χ0) is 8.81. The van der Waals surface area contributed by atoms with Crippen molar-refractivity contribution in [3.8, 4) is 0 Å². The van der Waals surface area contributed by atoms with Crippen molar-refractivity contribution in [2.75, 3.05) is 0 Å². The lowest BCUT2D eigenvalue weighted by molar-refractivity contribution is 0.292. The van der Waals surface area contributed by atoms with Crippen LogP contribution in [-0.4, -0.2) is 5.90 Å². The van der Waals surface area contributed by atoms with Crippen LogP contribution < -0.4 is 0 Å². The van der Waals surface area contributed by atoms with Gasteiger partial charge in [-0.25, -0.2) is 0 Å². The van der Waals surface area contributed by atoms with Crippen LogP contribution in [0.25, 0.3) is 0 Å². The highest BCUT2D eigenvalue weighted by Gasteiger charge is 1.92. The number of benzene rings is 1. The highest BCUT2D eigenvalue weighted by atomic mass is 16.5. The van der Waals surface area contributed by atoms with Gasteiger partial charge in [-0.2, -0.15) is 0 Å². The molecule has 0 aliphatic rings. The van der Waals surface area contributed by atoms with Crippen molar-refractivity contribution in [2.24, 2.45) is 0 Å². The summed E-state index contributed by atoms with van der Waals surface area (Å²) < 4.78 is 5.04. The van der Waals surface area contributed by atoms with Crippen molar-refractivity contribution in [3.63, 3.8) is 0 Å². The number of hydrogen-bond donors (Lipinski definition) is 1. The van der Waals surface area contributed by atoms with Gasteiger partial charge in [0.25, 0.3) is 0 Å². The van der Waals surface area contributed by atoms with Crippen LogP contribution in [0.4, 0.5) is 0 Å². The van der Waals surface area contributed by atoms with E-state index in [1.54, 1.807) is 0 Å². The van der Waals surface area contributed by atoms with Gasteiger partial charge in [0.15, 0.2) is 0 Å². The molecule has 0 saturated heterocycles. The van der Waals surface area contributed by atoms with E-state index in [0.717, 1.165) is 5.56 Å². The Kier molecular flexibility index (Phi) is 3.08. The first-order valence-corrected chi connectivity index (χ1v) is 3.70. The Hall–Kier alpha value is -1.57. The summed E-state index contributed by atoms with van der Waals surface area (Å²) in [7, 11) is 0. The molecule has 0 amide bonds. The van der Waals surface area contributed by atoms with Gasteiger partial charge in [-0.15, -0.1) is 0 Å². The Morgan fingerprint density at radius 3 is 2.67 bits per heavy atom. The number of hydrogen-bond acceptors (Lipinski definition) is 2. The first-order chi connectivity index (χ1) is 5.83. The van der Waals surface area contributed by atoms with Crippen molar-refractivity contribution in [1.82, 2.24) is 0 Å². The molecule has 0 bridgehead atoms. The van der Waals surface area contributed by atoms with Gasteiger partial charge in [0, 0.05) is 0 Å². The molecule has 1 N–H and O–H groups in total. The van der Waals surface area contributed by atoms with Crippen LogP contribution in [0.15, 0.2) is 43.0 Å². The molecule has 0 aliphatic heterocycles. The Morgan fingerprint density at radius 2 is 2.08 bits per heavy atom. The number of ether oxygens (including phenoxy) is 1. The second-order valence-electron chi connectivity index (χ2n) is 2.34. The maximum Gasteiger partial charge on any atom is 0.205 e. The van der Waals surface area contributed by atoms with Crippen LogP contribution in [0.1, 0.15) is 5.56 Å². The minimum absolute atomic E-state index is 0.110. The Balaban J connectivity index is 2.43. The Morgan fingerprint density at radius 1 is 1.42 bits per heavy atom. The van der Waals surface area contributed by atoms with E-state index in [1.165, 1.54) is 6.08 Å². The van der Waals surface area contributed by atoms with E-state index in [-0.39, 0.29) is 5.90 Å². The van der Waals surface area contributed by atoms with Gasteiger partial charge in [0.2, 0.25) is 5.90 Å². The van der Waals surface area contributed by atoms with Crippen molar-refractivity contribution in [1.29, 1.82) is 5.41 Å². The summed E-state index contributed by atoms with van der Waals surface area (Å²) in [5, 5.41) is 7.15. The minimum Gasteiger partial charge on any atom is -0.473 e. The molecule has 0 saturated carbocycles. The SMILES string of the molecule is C=CC(=N)OCc1ccccc1. The average molecular weight is 161 g/mol. The second-order valence-corrected chi connectivity index (χ2v) is 2.34. The smallest absolute Gasteiger partial charge is 0.205 e. The third-order valence-corrected chi connectivity index (χ3v) is 1.42. The van der Waals surface area contributed by atoms with E-state index >= 15 is 0 Å². The Bertz CT molecular complexity index is 266. The van der Waals surface area contributed by atoms with Gasteiger partial charge in [-0.1, -0.05) is 36.9 Å². The summed E-state index contributed by atoms with van der Waals surface area (Å²) in [5.74, 6) is 0.110. The van der Waals surface area contributed by atoms with Gasteiger partial charge in [0.05, 0.1) is 0 Å². The average Bonchev–Trinajstić information content (AvgIpc) is 2.16. The quantitative estimate of drug-likeness (QED) is 0.535. The molecule has 0 radical (unpaired) electrons. The van der Waals surface area contributed by atoms with Crippen molar-refractivity contribution in [3.05, 3.63) is 48.6 Å². The van der Waals surface area contributed by atoms with Crippen LogP contribution >= 0.6 is 0 Å². The molecule has 0 spiro atoms. The summed E-state index contributed by atoms with van der Waals surface area (Å²) >= 11 is 0. The van der Waals surface area contributed by atoms with Crippen LogP contribution in [0.3, 0.4) is 0 Å². The molecule has 2 nitrogen and oxygen atoms in total. The Labute approximate surface area is 72.0 Å². The summed E-state index contributed by atoms with van der Waals surface area (Å²) in [6, 6.07) is 9.74. The first-order valence-electron chi connectivity index (χ1n) is 3.70. The summed E-state index contributed by atoms with van der Waals surface area (Å²) in [4.78, 5) is 0. The second kappa shape index (κ2) is 4.34. The van der Waals surface area contributed by atoms with Gasteiger partial charge in [-0.05, 0) is 11.6 Å². The fourth-order valence-electron chi connectivity index (χ4n) is 0.794. The molecular weight excluding hydrogens is 150 g/mol. The van der Waals surface area contributed by atoms with Gasteiger partial charge in [0.1, 0.15) is 6.61 Å². The topological polar surface area (TPSA) is 33.1 Å². The lowest BCUT2D eigenvalue weighted by atomic mass is 10.2. The third kappa shape index (κ3) is 2.58. The lowest BCUT2D eigenvalue weighted by Crippen LogP contribution is -1.98. The summed E-state index contributed by atoms with van der Waals surface area (Å²) in [5.41, 5.74) is 1.06. The highest BCUT2D eigenvalue weighted by Crippen LogP contribution is 2.00. The molecule has 0 atom stereocenters. The normalized spacial score (nSPS) is 9.00. The highest BCUT2D eigenvalue weighted by molar-refractivity contribution is 5.83. The van der Waals surface area contributed by atoms with E-state index in [1.807, 2.05) is 30.3 Å². The van der Waals surface area contributed by atoms with Crippen molar-refractivity contribution in [2.45, 2.75) is 6.61 Å². The van der Waals surface area contributed by atoms with Gasteiger partial charge in [-0.3, -0.25) is 5.41 Å². The molecule has 1 aromatic rings. The predicted octanol–water partition coefficient (Wildman–Crippen LogP) is 2.37. The minimum atomic E-state index is 0.110. The fraction of sp³-hybridized carbons (Fsp3) is 0.100. The van der Waals surface area contributed by atoms with Crippen LogP contribution in [0.2, 0.25) is 0 Å². The molecule has 0 unspecified atom stereocenters. The molecule has 12 heavy (non-hydrogen) atoms.